The number of unbranched alkanes of at least 4 members (excludes halogenated alkanes) is 1. The molecule has 0 radical (unpaired) electrons. The van der Waals surface area contributed by atoms with Gasteiger partial charge in [0.1, 0.15) is 0 Å². The second-order valence-corrected chi connectivity index (χ2v) is 8.17. The normalized spacial score (nSPS) is 28.6. The second kappa shape index (κ2) is 7.15. The Balaban J connectivity index is 2.31. The lowest BCUT2D eigenvalue weighted by Crippen LogP contribution is -2.47. The molecule has 128 valence electrons. The Bertz CT molecular complexity index is 389. The predicted octanol–water partition coefficient (Wildman–Crippen LogP) is 2.02. The summed E-state index contributed by atoms with van der Waals surface area (Å²) < 4.78 is 0. The third-order valence-corrected chi connectivity index (χ3v) is 5.93. The Kier molecular flexibility index (Phi) is 5.90. The van der Waals surface area contributed by atoms with Crippen LogP contribution in [0.1, 0.15) is 52.9 Å². The van der Waals surface area contributed by atoms with Crippen LogP contribution >= 0.6 is 9.24 Å². The largest absolute Gasteiger partial charge is 0.389 e. The van der Waals surface area contributed by atoms with E-state index in [1.54, 1.807) is 13.8 Å². The highest BCUT2D eigenvalue weighted by Gasteiger charge is 2.58. The molecule has 0 saturated carbocycles. The molecule has 3 atom stereocenters. The molecule has 3 unspecified atom stereocenters. The van der Waals surface area contributed by atoms with Crippen molar-refractivity contribution < 1.29 is 9.90 Å². The lowest BCUT2D eigenvalue weighted by atomic mass is 9.69. The van der Waals surface area contributed by atoms with Gasteiger partial charge in [0.15, 0.2) is 0 Å². The van der Waals surface area contributed by atoms with Crippen LogP contribution in [0.5, 0.6) is 0 Å². The van der Waals surface area contributed by atoms with Crippen LogP contribution in [0.15, 0.2) is 0 Å². The van der Waals surface area contributed by atoms with Crippen LogP contribution in [0.25, 0.3) is 0 Å². The number of carbonyl (C=O) groups is 1. The average Bonchev–Trinajstić information content (AvgIpc) is 2.66. The van der Waals surface area contributed by atoms with Gasteiger partial charge >= 0.3 is 0 Å². The highest BCUT2D eigenvalue weighted by atomic mass is 31.0. The van der Waals surface area contributed by atoms with E-state index in [1.165, 1.54) is 0 Å². The fourth-order valence-corrected chi connectivity index (χ4v) is 5.16. The van der Waals surface area contributed by atoms with Crippen molar-refractivity contribution in [3.05, 3.63) is 0 Å². The molecule has 0 aromatic rings. The van der Waals surface area contributed by atoms with Gasteiger partial charge in [-0.25, -0.2) is 0 Å². The number of carbonyl (C=O) groups excluding carboxylic acids is 1. The first kappa shape index (κ1) is 18.2. The van der Waals surface area contributed by atoms with Crippen molar-refractivity contribution in [2.75, 3.05) is 25.8 Å². The fourth-order valence-electron chi connectivity index (χ4n) is 4.40. The molecule has 2 aliphatic rings. The first-order chi connectivity index (χ1) is 10.4. The number of likely N-dealkylation sites (tertiary alicyclic amines) is 1. The molecular weight excluding hydrogens is 295 g/mol. The van der Waals surface area contributed by atoms with Crippen molar-refractivity contribution in [3.63, 3.8) is 0 Å². The summed E-state index contributed by atoms with van der Waals surface area (Å²) in [5.41, 5.74) is -1.03. The van der Waals surface area contributed by atoms with Gasteiger partial charge in [-0.05, 0) is 58.3 Å². The Morgan fingerprint density at radius 3 is 2.55 bits per heavy atom. The minimum absolute atomic E-state index is 0.198. The van der Waals surface area contributed by atoms with E-state index in [-0.39, 0.29) is 11.5 Å². The van der Waals surface area contributed by atoms with Crippen LogP contribution in [-0.4, -0.2) is 53.4 Å². The number of piperidine rings is 1. The zero-order chi connectivity index (χ0) is 16.4. The monoisotopic (exact) mass is 328 g/mol. The lowest BCUT2D eigenvalue weighted by Gasteiger charge is -2.37. The zero-order valence-electron chi connectivity index (χ0n) is 14.4. The van der Waals surface area contributed by atoms with Crippen LogP contribution in [-0.2, 0) is 4.79 Å². The van der Waals surface area contributed by atoms with Crippen molar-refractivity contribution in [2.45, 2.75) is 64.5 Å². The SMILES string of the molecule is CCCCC1C(CP)C2(CCNCC2)C(=O)N1CC(C)(C)O. The van der Waals surface area contributed by atoms with Crippen molar-refractivity contribution in [2.24, 2.45) is 11.3 Å². The summed E-state index contributed by atoms with van der Waals surface area (Å²) >= 11 is 0. The van der Waals surface area contributed by atoms with Crippen molar-refractivity contribution in [3.8, 4) is 0 Å². The van der Waals surface area contributed by atoms with Gasteiger partial charge in [-0.3, -0.25) is 4.79 Å². The molecule has 0 aromatic carbocycles. The Labute approximate surface area is 137 Å². The zero-order valence-corrected chi connectivity index (χ0v) is 15.6. The molecule has 1 amide bonds. The summed E-state index contributed by atoms with van der Waals surface area (Å²) in [7, 11) is 2.88. The number of β-amino-alcohol motifs (C(OH)–C–C–N with tert-alkyl or cyclic N) is 1. The first-order valence-electron chi connectivity index (χ1n) is 8.80. The molecule has 0 aromatic heterocycles. The molecular formula is C17H33N2O2P. The molecule has 0 bridgehead atoms. The molecule has 0 aliphatic carbocycles. The Hall–Kier alpha value is -0.180. The van der Waals surface area contributed by atoms with E-state index in [0.717, 1.165) is 51.4 Å². The summed E-state index contributed by atoms with van der Waals surface area (Å²) in [5, 5.41) is 13.7. The number of hydrogen-bond donors (Lipinski definition) is 2. The maximum absolute atomic E-state index is 13.3. The van der Waals surface area contributed by atoms with Gasteiger partial charge in [-0.2, -0.15) is 0 Å². The van der Waals surface area contributed by atoms with Gasteiger partial charge in [0.05, 0.1) is 11.0 Å². The molecule has 22 heavy (non-hydrogen) atoms. The van der Waals surface area contributed by atoms with Gasteiger partial charge in [0, 0.05) is 12.6 Å². The Morgan fingerprint density at radius 2 is 2.05 bits per heavy atom. The number of nitrogens with zero attached hydrogens (tertiary/aromatic N) is 1. The van der Waals surface area contributed by atoms with E-state index < -0.39 is 5.60 Å². The number of nitrogens with one attached hydrogen (secondary N) is 1. The Morgan fingerprint density at radius 1 is 1.41 bits per heavy atom. The van der Waals surface area contributed by atoms with Crippen LogP contribution in [0.2, 0.25) is 0 Å². The van der Waals surface area contributed by atoms with Gasteiger partial charge in [-0.15, -0.1) is 9.24 Å². The standard InChI is InChI=1S/C17H33N2O2P/c1-4-5-6-14-13(11-22)17(7-9-18-10-8-17)15(20)19(14)12-16(2,3)21/h13-14,18,21H,4-12,22H2,1-3H3. The molecule has 5 heteroatoms. The number of hydrogen-bond acceptors (Lipinski definition) is 3. The van der Waals surface area contributed by atoms with Crippen molar-refractivity contribution in [1.29, 1.82) is 0 Å². The van der Waals surface area contributed by atoms with E-state index in [1.807, 2.05) is 4.90 Å². The smallest absolute Gasteiger partial charge is 0.229 e. The summed E-state index contributed by atoms with van der Waals surface area (Å²) in [4.78, 5) is 15.3. The molecule has 2 fully saturated rings. The first-order valence-corrected chi connectivity index (χ1v) is 9.61. The summed E-state index contributed by atoms with van der Waals surface area (Å²) in [5.74, 6) is 0.700. The van der Waals surface area contributed by atoms with E-state index in [0.29, 0.717) is 18.4 Å². The molecule has 2 heterocycles. The van der Waals surface area contributed by atoms with Gasteiger partial charge in [0.25, 0.3) is 0 Å². The summed E-state index contributed by atoms with van der Waals surface area (Å²) in [6, 6.07) is 0.287. The molecule has 2 aliphatic heterocycles. The van der Waals surface area contributed by atoms with Crippen molar-refractivity contribution in [1.82, 2.24) is 10.2 Å². The molecule has 2 rings (SSSR count). The van der Waals surface area contributed by atoms with Crippen LogP contribution < -0.4 is 5.32 Å². The third kappa shape index (κ3) is 3.49. The number of amides is 1. The molecule has 2 N–H and O–H groups in total. The van der Waals surface area contributed by atoms with Crippen molar-refractivity contribution >= 4 is 15.1 Å². The lowest BCUT2D eigenvalue weighted by molar-refractivity contribution is -0.141. The topological polar surface area (TPSA) is 52.6 Å². The summed E-state index contributed by atoms with van der Waals surface area (Å²) in [6.45, 7) is 8.14. The average molecular weight is 328 g/mol. The molecule has 4 nitrogen and oxygen atoms in total. The highest BCUT2D eigenvalue weighted by molar-refractivity contribution is 7.16. The minimum Gasteiger partial charge on any atom is -0.389 e. The minimum atomic E-state index is -0.829. The number of aliphatic hydroxyl groups is 1. The highest BCUT2D eigenvalue weighted by Crippen LogP contribution is 2.50. The maximum atomic E-state index is 13.3. The van der Waals surface area contributed by atoms with Gasteiger partial charge in [-0.1, -0.05) is 19.8 Å². The van der Waals surface area contributed by atoms with Crippen LogP contribution in [0.4, 0.5) is 0 Å². The number of rotatable bonds is 6. The quantitative estimate of drug-likeness (QED) is 0.734. The van der Waals surface area contributed by atoms with E-state index >= 15 is 0 Å². The molecule has 2 saturated heterocycles. The molecule has 1 spiro atoms. The third-order valence-electron chi connectivity index (χ3n) is 5.42. The maximum Gasteiger partial charge on any atom is 0.229 e. The van der Waals surface area contributed by atoms with Gasteiger partial charge < -0.3 is 15.3 Å². The van der Waals surface area contributed by atoms with Crippen LogP contribution in [0.3, 0.4) is 0 Å². The van der Waals surface area contributed by atoms with E-state index in [2.05, 4.69) is 21.5 Å². The predicted molar refractivity (Wildman–Crippen MR) is 93.9 cm³/mol. The van der Waals surface area contributed by atoms with E-state index in [4.69, 9.17) is 0 Å². The van der Waals surface area contributed by atoms with Crippen LogP contribution in [0, 0.1) is 11.3 Å². The second-order valence-electron chi connectivity index (χ2n) is 7.70. The summed E-state index contributed by atoms with van der Waals surface area (Å²) in [6.07, 6.45) is 6.22. The van der Waals surface area contributed by atoms with E-state index in [9.17, 15) is 9.90 Å². The fraction of sp³-hybridized carbons (Fsp3) is 0.941. The van der Waals surface area contributed by atoms with Gasteiger partial charge in [0.2, 0.25) is 5.91 Å².